The summed E-state index contributed by atoms with van der Waals surface area (Å²) in [6, 6.07) is 3.91. The number of hydrogen-bond acceptors (Lipinski definition) is 5. The van der Waals surface area contributed by atoms with Gasteiger partial charge in [-0.05, 0) is 50.9 Å². The van der Waals surface area contributed by atoms with Gasteiger partial charge in [-0.1, -0.05) is 0 Å². The maximum Gasteiger partial charge on any atom is 0.208 e. The smallest absolute Gasteiger partial charge is 0.208 e. The Kier molecular flexibility index (Phi) is 5.80. The molecule has 0 aromatic carbocycles. The Morgan fingerprint density at radius 2 is 2.38 bits per heavy atom. The maximum atomic E-state index is 11.0. The molecule has 0 saturated carbocycles. The molecule has 1 aliphatic rings. The number of rotatable bonds is 8. The summed E-state index contributed by atoms with van der Waals surface area (Å²) in [5.41, 5.74) is 0. The zero-order valence-electron chi connectivity index (χ0n) is 12.4. The first kappa shape index (κ1) is 16.5. The minimum atomic E-state index is -3.10. The van der Waals surface area contributed by atoms with Crippen LogP contribution in [0.1, 0.15) is 37.5 Å². The van der Waals surface area contributed by atoms with E-state index in [1.807, 2.05) is 0 Å². The standard InChI is InChI=1S/C14H24N2O4S/c1-21(18,19)15-7-4-9-16-8-2-5-12(16)11-13(17)14-6-3-10-20-14/h3,6,10,12-13,15,17H,2,4-5,7-9,11H2,1H3. The fourth-order valence-corrected chi connectivity index (χ4v) is 3.37. The first-order valence-electron chi connectivity index (χ1n) is 7.36. The number of sulfonamides is 1. The van der Waals surface area contributed by atoms with E-state index in [1.54, 1.807) is 18.4 Å². The Balaban J connectivity index is 1.75. The topological polar surface area (TPSA) is 82.8 Å². The van der Waals surface area contributed by atoms with Gasteiger partial charge in [0.2, 0.25) is 10.0 Å². The molecule has 2 heterocycles. The Bertz CT molecular complexity index is 515. The van der Waals surface area contributed by atoms with Gasteiger partial charge in [-0.2, -0.15) is 0 Å². The molecular weight excluding hydrogens is 292 g/mol. The second-order valence-corrected chi connectivity index (χ2v) is 7.45. The van der Waals surface area contributed by atoms with Gasteiger partial charge in [0.05, 0.1) is 12.5 Å². The van der Waals surface area contributed by atoms with Gasteiger partial charge in [0.25, 0.3) is 0 Å². The molecule has 1 aromatic heterocycles. The van der Waals surface area contributed by atoms with Crippen molar-refractivity contribution in [1.82, 2.24) is 9.62 Å². The first-order chi connectivity index (χ1) is 9.96. The van der Waals surface area contributed by atoms with Crippen LogP contribution in [0.4, 0.5) is 0 Å². The van der Waals surface area contributed by atoms with E-state index in [0.717, 1.165) is 32.4 Å². The van der Waals surface area contributed by atoms with Crippen LogP contribution in [0.5, 0.6) is 0 Å². The number of hydrogen-bond donors (Lipinski definition) is 2. The Morgan fingerprint density at radius 3 is 3.05 bits per heavy atom. The third kappa shape index (κ3) is 5.43. The highest BCUT2D eigenvalue weighted by atomic mass is 32.2. The Hall–Kier alpha value is -0.890. The molecule has 2 atom stereocenters. The second-order valence-electron chi connectivity index (χ2n) is 5.62. The summed E-state index contributed by atoms with van der Waals surface area (Å²) in [5.74, 6) is 0.612. The van der Waals surface area contributed by atoms with Gasteiger partial charge in [0.15, 0.2) is 0 Å². The van der Waals surface area contributed by atoms with E-state index in [4.69, 9.17) is 4.42 Å². The van der Waals surface area contributed by atoms with Gasteiger partial charge < -0.3 is 14.4 Å². The van der Waals surface area contributed by atoms with Crippen molar-refractivity contribution in [2.24, 2.45) is 0 Å². The van der Waals surface area contributed by atoms with Gasteiger partial charge in [-0.25, -0.2) is 13.1 Å². The van der Waals surface area contributed by atoms with Crippen molar-refractivity contribution < 1.29 is 17.9 Å². The van der Waals surface area contributed by atoms with Crippen molar-refractivity contribution in [2.75, 3.05) is 25.9 Å². The van der Waals surface area contributed by atoms with Crippen molar-refractivity contribution in [3.05, 3.63) is 24.2 Å². The summed E-state index contributed by atoms with van der Waals surface area (Å²) >= 11 is 0. The number of likely N-dealkylation sites (tertiary alicyclic amines) is 1. The minimum Gasteiger partial charge on any atom is -0.467 e. The largest absolute Gasteiger partial charge is 0.467 e. The zero-order valence-corrected chi connectivity index (χ0v) is 13.2. The molecule has 0 aliphatic carbocycles. The van der Waals surface area contributed by atoms with E-state index in [-0.39, 0.29) is 0 Å². The minimum absolute atomic E-state index is 0.336. The highest BCUT2D eigenvalue weighted by Crippen LogP contribution is 2.27. The molecule has 1 aliphatic heterocycles. The molecule has 0 spiro atoms. The van der Waals surface area contributed by atoms with Crippen molar-refractivity contribution >= 4 is 10.0 Å². The molecule has 120 valence electrons. The molecule has 7 heteroatoms. The fraction of sp³-hybridized carbons (Fsp3) is 0.714. The molecule has 2 rings (SSSR count). The molecule has 0 radical (unpaired) electrons. The van der Waals surface area contributed by atoms with Crippen LogP contribution in [-0.2, 0) is 10.0 Å². The van der Waals surface area contributed by atoms with Crippen LogP contribution < -0.4 is 4.72 Å². The number of furan rings is 1. The lowest BCUT2D eigenvalue weighted by molar-refractivity contribution is 0.101. The quantitative estimate of drug-likeness (QED) is 0.702. The van der Waals surface area contributed by atoms with Gasteiger partial charge >= 0.3 is 0 Å². The van der Waals surface area contributed by atoms with Gasteiger partial charge in [0.1, 0.15) is 11.9 Å². The molecule has 1 saturated heterocycles. The third-order valence-corrected chi connectivity index (χ3v) is 4.58. The van der Waals surface area contributed by atoms with Crippen LogP contribution in [0.2, 0.25) is 0 Å². The van der Waals surface area contributed by atoms with Gasteiger partial charge in [-0.3, -0.25) is 0 Å². The van der Waals surface area contributed by atoms with Crippen molar-refractivity contribution in [2.45, 2.75) is 37.8 Å². The molecule has 1 fully saturated rings. The lowest BCUT2D eigenvalue weighted by Crippen LogP contribution is -2.34. The average Bonchev–Trinajstić information content (AvgIpc) is 3.05. The predicted molar refractivity (Wildman–Crippen MR) is 80.3 cm³/mol. The second kappa shape index (κ2) is 7.40. The summed E-state index contributed by atoms with van der Waals surface area (Å²) in [6.45, 7) is 2.31. The summed E-state index contributed by atoms with van der Waals surface area (Å²) in [4.78, 5) is 2.33. The van der Waals surface area contributed by atoms with Gasteiger partial charge in [-0.15, -0.1) is 0 Å². The summed E-state index contributed by atoms with van der Waals surface area (Å²) in [6.07, 6.45) is 5.80. The normalized spacial score (nSPS) is 21.7. The van der Waals surface area contributed by atoms with Crippen molar-refractivity contribution in [3.63, 3.8) is 0 Å². The lowest BCUT2D eigenvalue weighted by atomic mass is 10.1. The van der Waals surface area contributed by atoms with E-state index in [0.29, 0.717) is 24.8 Å². The predicted octanol–water partition coefficient (Wildman–Crippen LogP) is 1.11. The highest BCUT2D eigenvalue weighted by Gasteiger charge is 2.27. The van der Waals surface area contributed by atoms with Crippen molar-refractivity contribution in [1.29, 1.82) is 0 Å². The van der Waals surface area contributed by atoms with Crippen LogP contribution in [-0.4, -0.2) is 50.4 Å². The van der Waals surface area contributed by atoms with E-state index in [9.17, 15) is 13.5 Å². The number of aliphatic hydroxyl groups excluding tert-OH is 1. The van der Waals surface area contributed by atoms with Crippen LogP contribution in [0.3, 0.4) is 0 Å². The van der Waals surface area contributed by atoms with E-state index in [2.05, 4.69) is 9.62 Å². The highest BCUT2D eigenvalue weighted by molar-refractivity contribution is 7.88. The van der Waals surface area contributed by atoms with Crippen molar-refractivity contribution in [3.8, 4) is 0 Å². The van der Waals surface area contributed by atoms with E-state index >= 15 is 0 Å². The Morgan fingerprint density at radius 1 is 1.57 bits per heavy atom. The molecule has 6 nitrogen and oxygen atoms in total. The van der Waals surface area contributed by atoms with Crippen LogP contribution >= 0.6 is 0 Å². The lowest BCUT2D eigenvalue weighted by Gasteiger charge is -2.25. The molecule has 2 unspecified atom stereocenters. The molecule has 1 aromatic rings. The summed E-state index contributed by atoms with van der Waals surface area (Å²) in [7, 11) is -3.10. The maximum absolute atomic E-state index is 11.0. The molecular formula is C14H24N2O4S. The molecule has 0 amide bonds. The Labute approximate surface area is 126 Å². The summed E-state index contributed by atoms with van der Waals surface area (Å²) < 4.78 is 29.7. The third-order valence-electron chi connectivity index (χ3n) is 3.85. The fourth-order valence-electron chi connectivity index (χ4n) is 2.85. The first-order valence-corrected chi connectivity index (χ1v) is 9.25. The SMILES string of the molecule is CS(=O)(=O)NCCCN1CCCC1CC(O)c1ccco1. The van der Waals surface area contributed by atoms with Crippen LogP contribution in [0, 0.1) is 0 Å². The van der Waals surface area contributed by atoms with Crippen LogP contribution in [0.25, 0.3) is 0 Å². The average molecular weight is 316 g/mol. The molecule has 0 bridgehead atoms. The number of nitrogens with one attached hydrogen (secondary N) is 1. The monoisotopic (exact) mass is 316 g/mol. The van der Waals surface area contributed by atoms with Gasteiger partial charge in [0, 0.05) is 12.6 Å². The van der Waals surface area contributed by atoms with Crippen LogP contribution in [0.15, 0.2) is 22.8 Å². The zero-order chi connectivity index (χ0) is 15.3. The number of nitrogens with zero attached hydrogens (tertiary/aromatic N) is 1. The number of aliphatic hydroxyl groups is 1. The molecule has 21 heavy (non-hydrogen) atoms. The summed E-state index contributed by atoms with van der Waals surface area (Å²) in [5, 5.41) is 10.2. The molecule has 2 N–H and O–H groups in total. The van der Waals surface area contributed by atoms with E-state index < -0.39 is 16.1 Å². The van der Waals surface area contributed by atoms with E-state index in [1.165, 1.54) is 6.26 Å².